The summed E-state index contributed by atoms with van der Waals surface area (Å²) in [7, 11) is -3.69. The molecule has 2 aromatic carbocycles. The van der Waals surface area contributed by atoms with E-state index < -0.39 is 22.0 Å². The van der Waals surface area contributed by atoms with Crippen molar-refractivity contribution in [3.63, 3.8) is 0 Å². The number of sulfonamides is 1. The van der Waals surface area contributed by atoms with Gasteiger partial charge in [0.25, 0.3) is 10.0 Å². The fourth-order valence-corrected chi connectivity index (χ4v) is 3.90. The first-order valence-corrected chi connectivity index (χ1v) is 9.22. The Labute approximate surface area is 151 Å². The molecule has 0 N–H and O–H groups in total. The first-order valence-electron chi connectivity index (χ1n) is 7.78. The monoisotopic (exact) mass is 372 g/mol. The van der Waals surface area contributed by atoms with Crippen molar-refractivity contribution in [1.82, 2.24) is 0 Å². The summed E-state index contributed by atoms with van der Waals surface area (Å²) in [5.74, 6) is -1.02. The molecule has 8 heteroatoms. The summed E-state index contributed by atoms with van der Waals surface area (Å²) in [4.78, 5) is 24.5. The molecule has 2 aromatic rings. The van der Waals surface area contributed by atoms with Crippen LogP contribution >= 0.6 is 0 Å². The highest BCUT2D eigenvalue weighted by atomic mass is 32.2. The van der Waals surface area contributed by atoms with Crippen LogP contribution in [0.1, 0.15) is 29.8 Å². The Morgan fingerprint density at radius 3 is 2.38 bits per heavy atom. The lowest BCUT2D eigenvalue weighted by molar-refractivity contribution is -0.135. The normalized spacial score (nSPS) is 15.0. The number of carbonyl (C=O) groups is 2. The Hall–Kier alpha value is -3.00. The molecule has 1 heterocycles. The molecule has 26 heavy (non-hydrogen) atoms. The molecule has 0 aromatic heterocycles. The van der Waals surface area contributed by atoms with Gasteiger partial charge < -0.3 is 9.64 Å². The first kappa shape index (κ1) is 17.8. The van der Waals surface area contributed by atoms with Crippen LogP contribution in [0.15, 0.2) is 57.8 Å². The van der Waals surface area contributed by atoms with E-state index >= 15 is 0 Å². The lowest BCUT2D eigenvalue weighted by atomic mass is 10.1. The second kappa shape index (κ2) is 6.72. The number of anilines is 1. The zero-order valence-corrected chi connectivity index (χ0v) is 15.0. The molecule has 1 aliphatic heterocycles. The first-order chi connectivity index (χ1) is 12.3. The SMILES string of the molecule is CC(=O)OC(=O)c1ccc(CN2C(C)=NS(=O)(=O)c3ccccc32)cc1. The maximum absolute atomic E-state index is 12.2. The van der Waals surface area contributed by atoms with Crippen LogP contribution in [0.2, 0.25) is 0 Å². The molecule has 0 radical (unpaired) electrons. The largest absolute Gasteiger partial charge is 0.390 e. The number of para-hydroxylation sites is 1. The van der Waals surface area contributed by atoms with Crippen molar-refractivity contribution >= 4 is 33.5 Å². The highest BCUT2D eigenvalue weighted by molar-refractivity contribution is 7.90. The zero-order chi connectivity index (χ0) is 18.9. The number of benzene rings is 2. The number of nitrogens with zero attached hydrogens (tertiary/aromatic N) is 2. The predicted molar refractivity (Wildman–Crippen MR) is 95.5 cm³/mol. The average Bonchev–Trinajstić information content (AvgIpc) is 2.58. The van der Waals surface area contributed by atoms with Crippen molar-refractivity contribution in [3.8, 4) is 0 Å². The quantitative estimate of drug-likeness (QED) is 0.607. The number of fused-ring (bicyclic) bond motifs is 1. The van der Waals surface area contributed by atoms with E-state index in [2.05, 4.69) is 9.13 Å². The van der Waals surface area contributed by atoms with Gasteiger partial charge in [-0.3, -0.25) is 4.79 Å². The highest BCUT2D eigenvalue weighted by Crippen LogP contribution is 2.32. The summed E-state index contributed by atoms with van der Waals surface area (Å²) >= 11 is 0. The van der Waals surface area contributed by atoms with Crippen LogP contribution in [-0.2, 0) is 26.1 Å². The van der Waals surface area contributed by atoms with Crippen LogP contribution in [0.3, 0.4) is 0 Å². The summed E-state index contributed by atoms with van der Waals surface area (Å²) in [6, 6.07) is 13.2. The van der Waals surface area contributed by atoms with Gasteiger partial charge in [-0.05, 0) is 36.8 Å². The Morgan fingerprint density at radius 1 is 1.08 bits per heavy atom. The summed E-state index contributed by atoms with van der Waals surface area (Å²) in [6.45, 7) is 3.17. The maximum Gasteiger partial charge on any atom is 0.345 e. The lowest BCUT2D eigenvalue weighted by Crippen LogP contribution is -2.33. The third-order valence-electron chi connectivity index (χ3n) is 3.84. The molecule has 1 aliphatic rings. The molecule has 0 saturated heterocycles. The smallest absolute Gasteiger partial charge is 0.345 e. The van der Waals surface area contributed by atoms with Gasteiger partial charge in [-0.25, -0.2) is 4.79 Å². The van der Waals surface area contributed by atoms with E-state index in [-0.39, 0.29) is 10.5 Å². The Morgan fingerprint density at radius 2 is 1.73 bits per heavy atom. The van der Waals surface area contributed by atoms with Crippen molar-refractivity contribution in [2.45, 2.75) is 25.3 Å². The number of hydrogen-bond acceptors (Lipinski definition) is 6. The third kappa shape index (κ3) is 3.50. The fourth-order valence-electron chi connectivity index (χ4n) is 2.66. The lowest BCUT2D eigenvalue weighted by Gasteiger charge is -2.29. The molecule has 0 bridgehead atoms. The van der Waals surface area contributed by atoms with E-state index in [1.165, 1.54) is 6.07 Å². The molecular weight excluding hydrogens is 356 g/mol. The van der Waals surface area contributed by atoms with Gasteiger partial charge in [0.1, 0.15) is 10.7 Å². The van der Waals surface area contributed by atoms with Crippen molar-refractivity contribution < 1.29 is 22.7 Å². The minimum absolute atomic E-state index is 0.159. The molecular formula is C18H16N2O5S. The molecule has 0 spiro atoms. The average molecular weight is 372 g/mol. The van der Waals surface area contributed by atoms with Gasteiger partial charge in [0.05, 0.1) is 11.3 Å². The molecule has 3 rings (SSSR count). The van der Waals surface area contributed by atoms with Gasteiger partial charge in [-0.1, -0.05) is 24.3 Å². The summed E-state index contributed by atoms with van der Waals surface area (Å²) in [5.41, 5.74) is 1.66. The highest BCUT2D eigenvalue weighted by Gasteiger charge is 2.28. The molecule has 0 amide bonds. The van der Waals surface area contributed by atoms with Crippen molar-refractivity contribution in [1.29, 1.82) is 0 Å². The van der Waals surface area contributed by atoms with Crippen LogP contribution in [-0.4, -0.2) is 26.2 Å². The van der Waals surface area contributed by atoms with Crippen molar-refractivity contribution in [2.75, 3.05) is 4.90 Å². The third-order valence-corrected chi connectivity index (χ3v) is 5.25. The number of rotatable bonds is 3. The molecule has 134 valence electrons. The number of ether oxygens (including phenoxy) is 1. The second-order valence-electron chi connectivity index (χ2n) is 5.75. The zero-order valence-electron chi connectivity index (χ0n) is 14.2. The second-order valence-corrected chi connectivity index (χ2v) is 7.32. The minimum Gasteiger partial charge on any atom is -0.390 e. The summed E-state index contributed by atoms with van der Waals surface area (Å²) in [6.07, 6.45) is 0. The van der Waals surface area contributed by atoms with Crippen LogP contribution in [0.25, 0.3) is 0 Å². The Balaban J connectivity index is 1.87. The van der Waals surface area contributed by atoms with Gasteiger partial charge in [0.2, 0.25) is 0 Å². The fraction of sp³-hybridized carbons (Fsp3) is 0.167. The maximum atomic E-state index is 12.2. The van der Waals surface area contributed by atoms with Gasteiger partial charge >= 0.3 is 11.9 Å². The molecule has 0 aliphatic carbocycles. The van der Waals surface area contributed by atoms with Crippen LogP contribution in [0, 0.1) is 0 Å². The number of hydrogen-bond donors (Lipinski definition) is 0. The van der Waals surface area contributed by atoms with Crippen molar-refractivity contribution in [3.05, 3.63) is 59.7 Å². The molecule has 0 saturated carbocycles. The summed E-state index contributed by atoms with van der Waals surface area (Å²) < 4.78 is 32.7. The standard InChI is InChI=1S/C18H16N2O5S/c1-12-19-26(23,24)17-6-4-3-5-16(17)20(12)11-14-7-9-15(10-8-14)18(22)25-13(2)21/h3-10H,11H2,1-2H3. The van der Waals surface area contributed by atoms with E-state index in [1.807, 2.05) is 0 Å². The number of carbonyl (C=O) groups excluding carboxylic acids is 2. The topological polar surface area (TPSA) is 93.1 Å². The number of esters is 2. The summed E-state index contributed by atoms with van der Waals surface area (Å²) in [5, 5.41) is 0. The van der Waals surface area contributed by atoms with Gasteiger partial charge in [-0.15, -0.1) is 4.40 Å². The van der Waals surface area contributed by atoms with E-state index in [0.29, 0.717) is 18.1 Å². The Kier molecular flexibility index (Phi) is 4.60. The minimum atomic E-state index is -3.69. The van der Waals surface area contributed by atoms with Crippen LogP contribution < -0.4 is 4.90 Å². The molecule has 0 fully saturated rings. The van der Waals surface area contributed by atoms with E-state index in [0.717, 1.165) is 12.5 Å². The van der Waals surface area contributed by atoms with Gasteiger partial charge in [0.15, 0.2) is 0 Å². The molecule has 7 nitrogen and oxygen atoms in total. The van der Waals surface area contributed by atoms with Crippen LogP contribution in [0.5, 0.6) is 0 Å². The molecule has 0 unspecified atom stereocenters. The number of amidine groups is 1. The van der Waals surface area contributed by atoms with Gasteiger partial charge in [0, 0.05) is 13.5 Å². The van der Waals surface area contributed by atoms with Crippen LogP contribution in [0.4, 0.5) is 5.69 Å². The molecule has 0 atom stereocenters. The van der Waals surface area contributed by atoms with E-state index in [4.69, 9.17) is 0 Å². The van der Waals surface area contributed by atoms with Gasteiger partial charge in [-0.2, -0.15) is 8.42 Å². The predicted octanol–water partition coefficient (Wildman–Crippen LogP) is 2.52. The van der Waals surface area contributed by atoms with E-state index in [1.54, 1.807) is 54.3 Å². The Bertz CT molecular complexity index is 1010. The van der Waals surface area contributed by atoms with Crippen molar-refractivity contribution in [2.24, 2.45) is 4.40 Å². The van der Waals surface area contributed by atoms with E-state index in [9.17, 15) is 18.0 Å².